The maximum absolute atomic E-state index is 12.9. The van der Waals surface area contributed by atoms with Crippen LogP contribution in [0.1, 0.15) is 49.0 Å². The first-order valence-electron chi connectivity index (χ1n) is 10.5. The van der Waals surface area contributed by atoms with Crippen LogP contribution >= 0.6 is 12.4 Å². The smallest absolute Gasteiger partial charge is 0.253 e. The molecule has 1 aliphatic rings. The summed E-state index contributed by atoms with van der Waals surface area (Å²) < 4.78 is 26.7. The summed E-state index contributed by atoms with van der Waals surface area (Å²) in [5.74, 6) is -0.0396. The SMILES string of the molecule is CCCS(=O)(=O)N1CCC(c2ccccc2)([C@H](C)NC(=O)c2ccccc2N)CC1.Cl. The lowest BCUT2D eigenvalue weighted by Gasteiger charge is -2.45. The number of carbonyl (C=O) groups is 1. The van der Waals surface area contributed by atoms with Gasteiger partial charge in [0, 0.05) is 30.2 Å². The van der Waals surface area contributed by atoms with Crippen molar-refractivity contribution in [3.8, 4) is 0 Å². The molecule has 0 aliphatic carbocycles. The molecule has 8 heteroatoms. The van der Waals surface area contributed by atoms with Crippen LogP contribution in [-0.4, -0.2) is 43.5 Å². The van der Waals surface area contributed by atoms with Crippen molar-refractivity contribution >= 4 is 34.0 Å². The summed E-state index contributed by atoms with van der Waals surface area (Å²) in [6.07, 6.45) is 1.89. The van der Waals surface area contributed by atoms with Crippen molar-refractivity contribution in [2.45, 2.75) is 44.6 Å². The quantitative estimate of drug-likeness (QED) is 0.611. The van der Waals surface area contributed by atoms with E-state index in [-0.39, 0.29) is 35.5 Å². The number of hydrogen-bond donors (Lipinski definition) is 2. The number of nitrogen functional groups attached to an aromatic ring is 1. The summed E-state index contributed by atoms with van der Waals surface area (Å²) >= 11 is 0. The number of amides is 1. The number of carbonyl (C=O) groups excluding carboxylic acids is 1. The molecule has 0 radical (unpaired) electrons. The number of nitrogens with one attached hydrogen (secondary N) is 1. The van der Waals surface area contributed by atoms with Gasteiger partial charge in [-0.3, -0.25) is 4.79 Å². The number of hydrogen-bond acceptors (Lipinski definition) is 4. The minimum absolute atomic E-state index is 0. The van der Waals surface area contributed by atoms with Crippen LogP contribution in [-0.2, 0) is 15.4 Å². The average Bonchev–Trinajstić information content (AvgIpc) is 2.74. The molecule has 3 N–H and O–H groups in total. The van der Waals surface area contributed by atoms with Gasteiger partial charge in [-0.1, -0.05) is 49.4 Å². The maximum Gasteiger partial charge on any atom is 0.253 e. The highest BCUT2D eigenvalue weighted by atomic mass is 35.5. The molecule has 6 nitrogen and oxygen atoms in total. The first-order valence-corrected chi connectivity index (χ1v) is 12.1. The molecule has 1 atom stereocenters. The minimum atomic E-state index is -3.23. The molecular weight excluding hydrogens is 434 g/mol. The van der Waals surface area contributed by atoms with Crippen LogP contribution in [0.5, 0.6) is 0 Å². The van der Waals surface area contributed by atoms with E-state index in [1.165, 1.54) is 0 Å². The summed E-state index contributed by atoms with van der Waals surface area (Å²) in [5, 5.41) is 3.14. The third kappa shape index (κ3) is 5.40. The van der Waals surface area contributed by atoms with E-state index < -0.39 is 10.0 Å². The van der Waals surface area contributed by atoms with E-state index in [0.717, 1.165) is 5.56 Å². The van der Waals surface area contributed by atoms with Gasteiger partial charge in [-0.25, -0.2) is 12.7 Å². The van der Waals surface area contributed by atoms with E-state index in [9.17, 15) is 13.2 Å². The van der Waals surface area contributed by atoms with Crippen LogP contribution in [0.2, 0.25) is 0 Å². The fraction of sp³-hybridized carbons (Fsp3) is 0.435. The van der Waals surface area contributed by atoms with Gasteiger partial charge in [-0.05, 0) is 43.9 Å². The number of piperidine rings is 1. The standard InChI is InChI=1S/C23H31N3O3S.ClH/c1-3-17-30(28,29)26-15-13-23(14-16-26,19-9-5-4-6-10-19)18(2)25-22(27)20-11-7-8-12-21(20)24;/h4-12,18H,3,13-17,24H2,1-2H3,(H,25,27);1H/t18-;/m0./s1. The number of para-hydroxylation sites is 1. The molecule has 1 heterocycles. The molecule has 0 spiro atoms. The molecular formula is C23H32ClN3O3S. The van der Waals surface area contributed by atoms with Gasteiger partial charge in [0.2, 0.25) is 10.0 Å². The summed E-state index contributed by atoms with van der Waals surface area (Å²) in [4.78, 5) is 12.9. The fourth-order valence-electron chi connectivity index (χ4n) is 4.41. The number of benzene rings is 2. The Bertz CT molecular complexity index is 975. The number of rotatable bonds is 7. The van der Waals surface area contributed by atoms with Crippen LogP contribution in [0.4, 0.5) is 5.69 Å². The molecule has 2 aromatic carbocycles. The number of nitrogens with zero attached hydrogens (tertiary/aromatic N) is 1. The second-order valence-corrected chi connectivity index (χ2v) is 10.1. The monoisotopic (exact) mass is 465 g/mol. The zero-order chi connectivity index (χ0) is 21.8. The third-order valence-electron chi connectivity index (χ3n) is 6.20. The summed E-state index contributed by atoms with van der Waals surface area (Å²) in [6, 6.07) is 16.9. The second kappa shape index (κ2) is 10.5. The van der Waals surface area contributed by atoms with E-state index in [0.29, 0.717) is 43.6 Å². The predicted molar refractivity (Wildman–Crippen MR) is 128 cm³/mol. The zero-order valence-corrected chi connectivity index (χ0v) is 19.7. The van der Waals surface area contributed by atoms with Crippen LogP contribution in [0.3, 0.4) is 0 Å². The Labute approximate surface area is 191 Å². The lowest BCUT2D eigenvalue weighted by atomic mass is 9.68. The molecule has 0 saturated carbocycles. The Balaban J connectivity index is 0.00000341. The van der Waals surface area contributed by atoms with E-state index in [1.807, 2.05) is 32.0 Å². The van der Waals surface area contributed by atoms with Crippen molar-refractivity contribution in [1.82, 2.24) is 9.62 Å². The van der Waals surface area contributed by atoms with Crippen LogP contribution in [0, 0.1) is 0 Å². The number of anilines is 1. The molecule has 2 aromatic rings. The Morgan fingerprint density at radius 3 is 2.26 bits per heavy atom. The summed E-state index contributed by atoms with van der Waals surface area (Å²) in [6.45, 7) is 4.78. The lowest BCUT2D eigenvalue weighted by molar-refractivity contribution is 0.0896. The van der Waals surface area contributed by atoms with Gasteiger partial charge in [0.25, 0.3) is 5.91 Å². The second-order valence-electron chi connectivity index (χ2n) is 8.02. The van der Waals surface area contributed by atoms with Crippen LogP contribution in [0.15, 0.2) is 54.6 Å². The Morgan fingerprint density at radius 2 is 1.68 bits per heavy atom. The summed E-state index contributed by atoms with van der Waals surface area (Å²) in [7, 11) is -3.23. The fourth-order valence-corrected chi connectivity index (χ4v) is 5.92. The largest absolute Gasteiger partial charge is 0.398 e. The molecule has 0 unspecified atom stereocenters. The molecule has 1 fully saturated rings. The first-order chi connectivity index (χ1) is 14.3. The Kier molecular flexibility index (Phi) is 8.51. The van der Waals surface area contributed by atoms with E-state index >= 15 is 0 Å². The van der Waals surface area contributed by atoms with Crippen LogP contribution in [0.25, 0.3) is 0 Å². The molecule has 170 valence electrons. The van der Waals surface area contributed by atoms with Crippen molar-refractivity contribution in [2.24, 2.45) is 0 Å². The van der Waals surface area contributed by atoms with Crippen molar-refractivity contribution in [3.05, 3.63) is 65.7 Å². The molecule has 1 amide bonds. The van der Waals surface area contributed by atoms with Gasteiger partial charge >= 0.3 is 0 Å². The predicted octanol–water partition coefficient (Wildman–Crippen LogP) is 3.58. The molecule has 1 aliphatic heterocycles. The third-order valence-corrected chi connectivity index (χ3v) is 8.28. The van der Waals surface area contributed by atoms with Gasteiger partial charge in [0.1, 0.15) is 0 Å². The summed E-state index contributed by atoms with van der Waals surface area (Å²) in [5.41, 5.74) is 7.64. The van der Waals surface area contributed by atoms with Gasteiger partial charge in [-0.15, -0.1) is 12.4 Å². The van der Waals surface area contributed by atoms with Crippen molar-refractivity contribution in [2.75, 3.05) is 24.6 Å². The van der Waals surface area contributed by atoms with E-state index in [1.54, 1.807) is 28.6 Å². The minimum Gasteiger partial charge on any atom is -0.398 e. The molecule has 31 heavy (non-hydrogen) atoms. The Hall–Kier alpha value is -2.09. The Morgan fingerprint density at radius 1 is 1.10 bits per heavy atom. The van der Waals surface area contributed by atoms with Crippen LogP contribution < -0.4 is 11.1 Å². The van der Waals surface area contributed by atoms with Gasteiger partial charge in [0.15, 0.2) is 0 Å². The maximum atomic E-state index is 12.9. The van der Waals surface area contributed by atoms with Gasteiger partial charge < -0.3 is 11.1 Å². The van der Waals surface area contributed by atoms with Gasteiger partial charge in [0.05, 0.1) is 11.3 Å². The number of sulfonamides is 1. The van der Waals surface area contributed by atoms with Crippen molar-refractivity contribution < 1.29 is 13.2 Å². The highest BCUT2D eigenvalue weighted by Crippen LogP contribution is 2.39. The first kappa shape index (κ1) is 25.2. The van der Waals surface area contributed by atoms with E-state index in [4.69, 9.17) is 5.73 Å². The topological polar surface area (TPSA) is 92.5 Å². The van der Waals surface area contributed by atoms with E-state index in [2.05, 4.69) is 17.4 Å². The number of nitrogens with two attached hydrogens (primary N) is 1. The van der Waals surface area contributed by atoms with Crippen molar-refractivity contribution in [3.63, 3.8) is 0 Å². The molecule has 1 saturated heterocycles. The normalized spacial score (nSPS) is 17.4. The lowest BCUT2D eigenvalue weighted by Crippen LogP contribution is -2.55. The average molecular weight is 466 g/mol. The van der Waals surface area contributed by atoms with Gasteiger partial charge in [-0.2, -0.15) is 0 Å². The highest BCUT2D eigenvalue weighted by molar-refractivity contribution is 7.89. The zero-order valence-electron chi connectivity index (χ0n) is 18.1. The molecule has 0 bridgehead atoms. The number of halogens is 1. The molecule has 3 rings (SSSR count). The highest BCUT2D eigenvalue weighted by Gasteiger charge is 2.43. The molecule has 0 aromatic heterocycles. The van der Waals surface area contributed by atoms with Crippen molar-refractivity contribution in [1.29, 1.82) is 0 Å².